The molecular formula is C22H22N2O3. The van der Waals surface area contributed by atoms with E-state index in [1.165, 1.54) is 0 Å². The minimum Gasteiger partial charge on any atom is -0.491 e. The van der Waals surface area contributed by atoms with Crippen LogP contribution >= 0.6 is 0 Å². The average Bonchev–Trinajstić information content (AvgIpc) is 2.67. The Balaban J connectivity index is 1.63. The molecule has 0 radical (unpaired) electrons. The number of carbonyl (C=O) groups excluding carboxylic acids is 1. The van der Waals surface area contributed by atoms with Crippen molar-refractivity contribution < 1.29 is 14.3 Å². The van der Waals surface area contributed by atoms with Gasteiger partial charge in [-0.15, -0.1) is 0 Å². The Morgan fingerprint density at radius 2 is 1.74 bits per heavy atom. The summed E-state index contributed by atoms with van der Waals surface area (Å²) in [4.78, 5) is 16.1. The summed E-state index contributed by atoms with van der Waals surface area (Å²) in [7, 11) is 0. The highest BCUT2D eigenvalue weighted by Crippen LogP contribution is 2.26. The summed E-state index contributed by atoms with van der Waals surface area (Å²) in [6.45, 7) is 4.37. The lowest BCUT2D eigenvalue weighted by Crippen LogP contribution is -2.22. The van der Waals surface area contributed by atoms with Gasteiger partial charge in [-0.05, 0) is 55.8 Å². The highest BCUT2D eigenvalue weighted by Gasteiger charge is 2.06. The first-order valence-corrected chi connectivity index (χ1v) is 8.82. The van der Waals surface area contributed by atoms with Gasteiger partial charge in [0.05, 0.1) is 11.7 Å². The predicted molar refractivity (Wildman–Crippen MR) is 104 cm³/mol. The number of pyridine rings is 1. The fraction of sp³-hybridized carbons (Fsp3) is 0.182. The zero-order chi connectivity index (χ0) is 19.1. The van der Waals surface area contributed by atoms with E-state index in [0.29, 0.717) is 23.6 Å². The lowest BCUT2D eigenvalue weighted by Gasteiger charge is -2.12. The molecule has 0 spiro atoms. The van der Waals surface area contributed by atoms with Crippen LogP contribution in [-0.4, -0.2) is 17.0 Å². The largest absolute Gasteiger partial charge is 0.491 e. The van der Waals surface area contributed by atoms with Crippen LogP contribution in [0.25, 0.3) is 0 Å². The van der Waals surface area contributed by atoms with Crippen LogP contribution in [0, 0.1) is 0 Å². The van der Waals surface area contributed by atoms with Crippen LogP contribution in [0.15, 0.2) is 73.1 Å². The average molecular weight is 362 g/mol. The highest BCUT2D eigenvalue weighted by molar-refractivity contribution is 5.93. The summed E-state index contributed by atoms with van der Waals surface area (Å²) >= 11 is 0. The minimum absolute atomic E-state index is 0.104. The summed E-state index contributed by atoms with van der Waals surface area (Å²) in [6.07, 6.45) is 3.28. The van der Waals surface area contributed by atoms with E-state index in [9.17, 15) is 4.79 Å². The Morgan fingerprint density at radius 3 is 2.48 bits per heavy atom. The van der Waals surface area contributed by atoms with Crippen LogP contribution in [0.1, 0.15) is 29.8 Å². The zero-order valence-corrected chi connectivity index (χ0v) is 15.4. The maximum absolute atomic E-state index is 12.1. The van der Waals surface area contributed by atoms with Gasteiger partial charge in [0.15, 0.2) is 0 Å². The third kappa shape index (κ3) is 5.57. The molecule has 1 N–H and O–H groups in total. The van der Waals surface area contributed by atoms with E-state index in [1.807, 2.05) is 62.4 Å². The van der Waals surface area contributed by atoms with Gasteiger partial charge >= 0.3 is 0 Å². The molecule has 5 nitrogen and oxygen atoms in total. The van der Waals surface area contributed by atoms with Crippen LogP contribution < -0.4 is 14.8 Å². The lowest BCUT2D eigenvalue weighted by molar-refractivity contribution is 0.0950. The SMILES string of the molecule is CC(C)Oc1cccc(Oc2cccc(CNC(=O)c3cccnc3)c2)c1. The molecule has 3 aromatic rings. The molecule has 0 saturated heterocycles. The summed E-state index contributed by atoms with van der Waals surface area (Å²) in [5.41, 5.74) is 1.48. The van der Waals surface area contributed by atoms with Crippen LogP contribution in [0.4, 0.5) is 0 Å². The fourth-order valence-corrected chi connectivity index (χ4v) is 2.52. The van der Waals surface area contributed by atoms with Crippen molar-refractivity contribution in [2.24, 2.45) is 0 Å². The number of amides is 1. The van der Waals surface area contributed by atoms with Gasteiger partial charge < -0.3 is 14.8 Å². The number of aromatic nitrogens is 1. The van der Waals surface area contributed by atoms with E-state index in [1.54, 1.807) is 24.5 Å². The summed E-state index contributed by atoms with van der Waals surface area (Å²) in [6, 6.07) is 18.6. The second kappa shape index (κ2) is 8.85. The van der Waals surface area contributed by atoms with E-state index in [4.69, 9.17) is 9.47 Å². The van der Waals surface area contributed by atoms with Gasteiger partial charge in [-0.2, -0.15) is 0 Å². The summed E-state index contributed by atoms with van der Waals surface area (Å²) in [5, 5.41) is 2.88. The molecule has 0 aliphatic heterocycles. The van der Waals surface area contributed by atoms with Crippen LogP contribution in [0.5, 0.6) is 17.2 Å². The normalized spacial score (nSPS) is 10.5. The molecule has 1 heterocycles. The van der Waals surface area contributed by atoms with Crippen molar-refractivity contribution in [1.82, 2.24) is 10.3 Å². The van der Waals surface area contributed by atoms with Crippen molar-refractivity contribution in [3.63, 3.8) is 0 Å². The molecule has 27 heavy (non-hydrogen) atoms. The van der Waals surface area contributed by atoms with E-state index >= 15 is 0 Å². The van der Waals surface area contributed by atoms with Crippen molar-refractivity contribution in [2.75, 3.05) is 0 Å². The maximum atomic E-state index is 12.1. The zero-order valence-electron chi connectivity index (χ0n) is 15.4. The first-order chi connectivity index (χ1) is 13.1. The van der Waals surface area contributed by atoms with Crippen LogP contribution in [0.2, 0.25) is 0 Å². The topological polar surface area (TPSA) is 60.5 Å². The van der Waals surface area contributed by atoms with E-state index in [0.717, 1.165) is 11.3 Å². The summed E-state index contributed by atoms with van der Waals surface area (Å²) in [5.74, 6) is 2.00. The number of rotatable bonds is 7. The van der Waals surface area contributed by atoms with Crippen LogP contribution in [0.3, 0.4) is 0 Å². The van der Waals surface area contributed by atoms with Crippen molar-refractivity contribution >= 4 is 5.91 Å². The smallest absolute Gasteiger partial charge is 0.253 e. The lowest BCUT2D eigenvalue weighted by atomic mass is 10.2. The molecule has 0 aliphatic carbocycles. The van der Waals surface area contributed by atoms with Crippen molar-refractivity contribution in [3.05, 3.63) is 84.2 Å². The second-order valence-corrected chi connectivity index (χ2v) is 6.32. The molecule has 2 aromatic carbocycles. The molecule has 0 bridgehead atoms. The molecule has 0 fully saturated rings. The number of ether oxygens (including phenoxy) is 2. The maximum Gasteiger partial charge on any atom is 0.253 e. The Labute approximate surface area is 159 Å². The molecule has 1 aromatic heterocycles. The van der Waals surface area contributed by atoms with Crippen molar-refractivity contribution in [3.8, 4) is 17.2 Å². The molecular weight excluding hydrogens is 340 g/mol. The van der Waals surface area contributed by atoms with Gasteiger partial charge in [-0.3, -0.25) is 9.78 Å². The number of benzene rings is 2. The van der Waals surface area contributed by atoms with Gasteiger partial charge in [0.1, 0.15) is 17.2 Å². The molecule has 138 valence electrons. The molecule has 0 aliphatic rings. The summed E-state index contributed by atoms with van der Waals surface area (Å²) < 4.78 is 11.6. The Kier molecular flexibility index (Phi) is 6.05. The highest BCUT2D eigenvalue weighted by atomic mass is 16.5. The Bertz CT molecular complexity index is 895. The third-order valence-corrected chi connectivity index (χ3v) is 3.69. The van der Waals surface area contributed by atoms with E-state index in [-0.39, 0.29) is 12.0 Å². The number of nitrogens with one attached hydrogen (secondary N) is 1. The number of hydrogen-bond acceptors (Lipinski definition) is 4. The first-order valence-electron chi connectivity index (χ1n) is 8.82. The molecule has 0 saturated carbocycles. The van der Waals surface area contributed by atoms with E-state index < -0.39 is 0 Å². The van der Waals surface area contributed by atoms with Gasteiger partial charge in [0.2, 0.25) is 0 Å². The predicted octanol–water partition coefficient (Wildman–Crippen LogP) is 4.59. The number of carbonyl (C=O) groups is 1. The van der Waals surface area contributed by atoms with Gasteiger partial charge in [-0.25, -0.2) is 0 Å². The fourth-order valence-electron chi connectivity index (χ4n) is 2.52. The first kappa shape index (κ1) is 18.5. The number of nitrogens with zero attached hydrogens (tertiary/aromatic N) is 1. The number of hydrogen-bond donors (Lipinski definition) is 1. The monoisotopic (exact) mass is 362 g/mol. The Morgan fingerprint density at radius 1 is 1.00 bits per heavy atom. The quantitative estimate of drug-likeness (QED) is 0.668. The molecule has 5 heteroatoms. The van der Waals surface area contributed by atoms with Gasteiger partial charge in [-0.1, -0.05) is 18.2 Å². The third-order valence-electron chi connectivity index (χ3n) is 3.69. The van der Waals surface area contributed by atoms with Crippen molar-refractivity contribution in [1.29, 1.82) is 0 Å². The molecule has 0 atom stereocenters. The van der Waals surface area contributed by atoms with E-state index in [2.05, 4.69) is 10.3 Å². The second-order valence-electron chi connectivity index (χ2n) is 6.32. The Hall–Kier alpha value is -3.34. The minimum atomic E-state index is -0.159. The van der Waals surface area contributed by atoms with Crippen molar-refractivity contribution in [2.45, 2.75) is 26.5 Å². The van der Waals surface area contributed by atoms with Gasteiger partial charge in [0, 0.05) is 25.0 Å². The molecule has 3 rings (SSSR count). The molecule has 1 amide bonds. The van der Waals surface area contributed by atoms with Gasteiger partial charge in [0.25, 0.3) is 5.91 Å². The standard InChI is InChI=1S/C22H22N2O3/c1-16(2)26-20-9-4-10-21(13-20)27-19-8-3-6-17(12-19)14-24-22(25)18-7-5-11-23-15-18/h3-13,15-16H,14H2,1-2H3,(H,24,25). The molecule has 0 unspecified atom stereocenters. The van der Waals surface area contributed by atoms with Crippen LogP contribution in [-0.2, 0) is 6.54 Å².